The molecule has 0 radical (unpaired) electrons. The summed E-state index contributed by atoms with van der Waals surface area (Å²) >= 11 is 3.29. The zero-order valence-corrected chi connectivity index (χ0v) is 8.72. The molecule has 1 rings (SSSR count). The molecule has 12 heavy (non-hydrogen) atoms. The summed E-state index contributed by atoms with van der Waals surface area (Å²) < 4.78 is 0.678. The highest BCUT2D eigenvalue weighted by atomic mass is 79.9. The molecule has 0 unspecified atom stereocenters. The summed E-state index contributed by atoms with van der Waals surface area (Å²) in [6, 6.07) is 5.30. The highest BCUT2D eigenvalue weighted by Gasteiger charge is 2.18. The molecular weight excluding hydrogens is 218 g/mol. The highest BCUT2D eigenvalue weighted by molar-refractivity contribution is 9.10. The lowest BCUT2D eigenvalue weighted by molar-refractivity contribution is 0.465. The molecular formula is C9H12BrNO. The lowest BCUT2D eigenvalue weighted by atomic mass is 9.96. The summed E-state index contributed by atoms with van der Waals surface area (Å²) in [6.45, 7) is 3.79. The summed E-state index contributed by atoms with van der Waals surface area (Å²) in [7, 11) is 0. The molecule has 1 aromatic carbocycles. The van der Waals surface area contributed by atoms with Gasteiger partial charge < -0.3 is 10.8 Å². The number of aromatic hydroxyl groups is 1. The van der Waals surface area contributed by atoms with Crippen LogP contribution in [0, 0.1) is 0 Å². The van der Waals surface area contributed by atoms with Gasteiger partial charge in [-0.15, -0.1) is 0 Å². The van der Waals surface area contributed by atoms with E-state index in [1.54, 1.807) is 12.1 Å². The van der Waals surface area contributed by atoms with E-state index in [4.69, 9.17) is 5.73 Å². The Kier molecular flexibility index (Phi) is 2.44. The van der Waals surface area contributed by atoms with Gasteiger partial charge in [0, 0.05) is 5.54 Å². The Labute approximate surface area is 80.5 Å². The molecule has 0 heterocycles. The topological polar surface area (TPSA) is 46.2 Å². The maximum absolute atomic E-state index is 9.36. The zero-order valence-electron chi connectivity index (χ0n) is 7.13. The second-order valence-electron chi connectivity index (χ2n) is 3.36. The fraction of sp³-hybridized carbons (Fsp3) is 0.333. The van der Waals surface area contributed by atoms with Crippen molar-refractivity contribution in [2.45, 2.75) is 19.4 Å². The first kappa shape index (κ1) is 9.55. The van der Waals surface area contributed by atoms with Crippen molar-refractivity contribution in [2.75, 3.05) is 0 Å². The third-order valence-corrected chi connectivity index (χ3v) is 2.51. The number of phenolic OH excluding ortho intramolecular Hbond substituents is 1. The number of nitrogens with two attached hydrogens (primary N) is 1. The molecule has 0 atom stereocenters. The van der Waals surface area contributed by atoms with Gasteiger partial charge in [-0.05, 0) is 41.4 Å². The number of rotatable bonds is 1. The Balaban J connectivity index is 3.26. The molecule has 0 aliphatic heterocycles. The van der Waals surface area contributed by atoms with E-state index in [-0.39, 0.29) is 5.75 Å². The van der Waals surface area contributed by atoms with Gasteiger partial charge in [0.25, 0.3) is 0 Å². The molecule has 3 heteroatoms. The van der Waals surface area contributed by atoms with Crippen LogP contribution < -0.4 is 5.73 Å². The predicted molar refractivity (Wildman–Crippen MR) is 53.0 cm³/mol. The van der Waals surface area contributed by atoms with E-state index >= 15 is 0 Å². The third kappa shape index (κ3) is 1.79. The number of hydrogen-bond donors (Lipinski definition) is 2. The average molecular weight is 230 g/mol. The first-order chi connectivity index (χ1) is 5.43. The van der Waals surface area contributed by atoms with Crippen LogP contribution in [-0.2, 0) is 5.54 Å². The molecule has 0 saturated carbocycles. The summed E-state index contributed by atoms with van der Waals surface area (Å²) in [6.07, 6.45) is 0. The number of hydrogen-bond acceptors (Lipinski definition) is 2. The zero-order chi connectivity index (χ0) is 9.35. The van der Waals surface area contributed by atoms with E-state index in [0.717, 1.165) is 5.56 Å². The molecule has 0 amide bonds. The highest BCUT2D eigenvalue weighted by Crippen LogP contribution is 2.32. The Morgan fingerprint density at radius 2 is 2.00 bits per heavy atom. The van der Waals surface area contributed by atoms with E-state index in [0.29, 0.717) is 4.47 Å². The molecule has 0 fully saturated rings. The van der Waals surface area contributed by atoms with Crippen molar-refractivity contribution in [1.82, 2.24) is 0 Å². The first-order valence-corrected chi connectivity index (χ1v) is 4.49. The predicted octanol–water partition coefficient (Wildman–Crippen LogP) is 2.35. The Hall–Kier alpha value is -0.540. The second kappa shape index (κ2) is 3.07. The van der Waals surface area contributed by atoms with Gasteiger partial charge in [-0.1, -0.05) is 12.1 Å². The second-order valence-corrected chi connectivity index (χ2v) is 4.15. The van der Waals surface area contributed by atoms with Crippen LogP contribution in [0.2, 0.25) is 0 Å². The molecule has 0 spiro atoms. The van der Waals surface area contributed by atoms with E-state index in [2.05, 4.69) is 15.9 Å². The molecule has 3 N–H and O–H groups in total. The summed E-state index contributed by atoms with van der Waals surface area (Å²) in [5.41, 5.74) is 6.36. The minimum absolute atomic E-state index is 0.228. The van der Waals surface area contributed by atoms with Crippen molar-refractivity contribution in [2.24, 2.45) is 5.73 Å². The Bertz CT molecular complexity index is 291. The molecule has 0 aromatic heterocycles. The minimum atomic E-state index is -0.433. The van der Waals surface area contributed by atoms with Gasteiger partial charge in [-0.3, -0.25) is 0 Å². The van der Waals surface area contributed by atoms with Crippen LogP contribution in [0.5, 0.6) is 5.75 Å². The first-order valence-electron chi connectivity index (χ1n) is 3.70. The monoisotopic (exact) mass is 229 g/mol. The SMILES string of the molecule is CC(C)(N)c1cccc(O)c1Br. The van der Waals surface area contributed by atoms with E-state index in [1.807, 2.05) is 19.9 Å². The number of phenols is 1. The quantitative estimate of drug-likeness (QED) is 0.777. The van der Waals surface area contributed by atoms with Gasteiger partial charge >= 0.3 is 0 Å². The van der Waals surface area contributed by atoms with Gasteiger partial charge in [0.1, 0.15) is 5.75 Å². The van der Waals surface area contributed by atoms with Crippen LogP contribution in [0.4, 0.5) is 0 Å². The van der Waals surface area contributed by atoms with Gasteiger partial charge in [-0.25, -0.2) is 0 Å². The van der Waals surface area contributed by atoms with Gasteiger partial charge in [-0.2, -0.15) is 0 Å². The maximum atomic E-state index is 9.36. The molecule has 1 aromatic rings. The maximum Gasteiger partial charge on any atom is 0.130 e. The number of halogens is 1. The molecule has 66 valence electrons. The fourth-order valence-electron chi connectivity index (χ4n) is 1.02. The van der Waals surface area contributed by atoms with E-state index in [9.17, 15) is 5.11 Å². The average Bonchev–Trinajstić information content (AvgIpc) is 1.92. The number of benzene rings is 1. The van der Waals surface area contributed by atoms with Crippen LogP contribution in [0.3, 0.4) is 0 Å². The normalized spacial score (nSPS) is 11.7. The van der Waals surface area contributed by atoms with Crippen molar-refractivity contribution >= 4 is 15.9 Å². The lowest BCUT2D eigenvalue weighted by Gasteiger charge is -2.20. The van der Waals surface area contributed by atoms with E-state index < -0.39 is 5.54 Å². The van der Waals surface area contributed by atoms with Crippen molar-refractivity contribution < 1.29 is 5.11 Å². The third-order valence-electron chi connectivity index (χ3n) is 1.67. The molecule has 0 aliphatic carbocycles. The van der Waals surface area contributed by atoms with E-state index in [1.165, 1.54) is 0 Å². The van der Waals surface area contributed by atoms with Gasteiger partial charge in [0.05, 0.1) is 4.47 Å². The van der Waals surface area contributed by atoms with Crippen LogP contribution in [0.15, 0.2) is 22.7 Å². The van der Waals surface area contributed by atoms with Crippen molar-refractivity contribution in [3.63, 3.8) is 0 Å². The summed E-state index contributed by atoms with van der Waals surface area (Å²) in [5.74, 6) is 0.228. The standard InChI is InChI=1S/C9H12BrNO/c1-9(2,11)6-4-3-5-7(12)8(6)10/h3-5,12H,11H2,1-2H3. The van der Waals surface area contributed by atoms with Crippen molar-refractivity contribution in [3.05, 3.63) is 28.2 Å². The van der Waals surface area contributed by atoms with Crippen LogP contribution >= 0.6 is 15.9 Å². The van der Waals surface area contributed by atoms with Crippen LogP contribution in [-0.4, -0.2) is 5.11 Å². The molecule has 2 nitrogen and oxygen atoms in total. The minimum Gasteiger partial charge on any atom is -0.507 e. The molecule has 0 bridgehead atoms. The summed E-state index contributed by atoms with van der Waals surface area (Å²) in [5, 5.41) is 9.36. The largest absolute Gasteiger partial charge is 0.507 e. The van der Waals surface area contributed by atoms with Crippen molar-refractivity contribution in [3.8, 4) is 5.75 Å². The Morgan fingerprint density at radius 3 is 2.42 bits per heavy atom. The molecule has 0 aliphatic rings. The smallest absolute Gasteiger partial charge is 0.130 e. The van der Waals surface area contributed by atoms with Gasteiger partial charge in [0.2, 0.25) is 0 Å². The summed E-state index contributed by atoms with van der Waals surface area (Å²) in [4.78, 5) is 0. The lowest BCUT2D eigenvalue weighted by Crippen LogP contribution is -2.28. The van der Waals surface area contributed by atoms with Crippen LogP contribution in [0.25, 0.3) is 0 Å². The molecule has 0 saturated heterocycles. The van der Waals surface area contributed by atoms with Crippen LogP contribution in [0.1, 0.15) is 19.4 Å². The van der Waals surface area contributed by atoms with Crippen molar-refractivity contribution in [1.29, 1.82) is 0 Å². The van der Waals surface area contributed by atoms with Gasteiger partial charge in [0.15, 0.2) is 0 Å². The fourth-order valence-corrected chi connectivity index (χ4v) is 1.79. The Morgan fingerprint density at radius 1 is 1.42 bits per heavy atom.